The van der Waals surface area contributed by atoms with Crippen LogP contribution in [0.15, 0.2) is 0 Å². The number of hydrogen-bond acceptors (Lipinski definition) is 4. The third-order valence-electron chi connectivity index (χ3n) is 5.26. The first kappa shape index (κ1) is 21.0. The van der Waals surface area contributed by atoms with E-state index in [2.05, 4.69) is 15.1 Å². The monoisotopic (exact) mass is 367 g/mol. The van der Waals surface area contributed by atoms with Gasteiger partial charge in [-0.2, -0.15) is 0 Å². The van der Waals surface area contributed by atoms with Gasteiger partial charge in [-0.3, -0.25) is 9.69 Å². The minimum Gasteiger partial charge on any atom is -0.396 e. The SMILES string of the molecule is Cl.Cl.O=C(C1CCNCC1)N1CCN(CC2CC2)C(CCO)C1. The maximum absolute atomic E-state index is 12.7. The van der Waals surface area contributed by atoms with Gasteiger partial charge >= 0.3 is 0 Å². The maximum atomic E-state index is 12.7. The Morgan fingerprint density at radius 1 is 1.09 bits per heavy atom. The van der Waals surface area contributed by atoms with Crippen molar-refractivity contribution in [2.45, 2.75) is 38.1 Å². The van der Waals surface area contributed by atoms with Gasteiger partial charge in [0.2, 0.25) is 5.91 Å². The summed E-state index contributed by atoms with van der Waals surface area (Å²) < 4.78 is 0. The van der Waals surface area contributed by atoms with E-state index in [0.29, 0.717) is 11.9 Å². The highest BCUT2D eigenvalue weighted by Crippen LogP contribution is 2.31. The molecule has 2 heterocycles. The molecule has 2 N–H and O–H groups in total. The molecule has 1 amide bonds. The van der Waals surface area contributed by atoms with Gasteiger partial charge < -0.3 is 15.3 Å². The lowest BCUT2D eigenvalue weighted by Crippen LogP contribution is -2.56. The number of carbonyl (C=O) groups is 1. The average molecular weight is 368 g/mol. The predicted molar refractivity (Wildman–Crippen MR) is 96.5 cm³/mol. The Morgan fingerprint density at radius 3 is 2.39 bits per heavy atom. The van der Waals surface area contributed by atoms with E-state index in [1.54, 1.807) is 0 Å². The molecule has 136 valence electrons. The highest BCUT2D eigenvalue weighted by molar-refractivity contribution is 5.85. The molecule has 7 heteroatoms. The highest BCUT2D eigenvalue weighted by atomic mass is 35.5. The molecule has 3 rings (SSSR count). The Kier molecular flexibility index (Phi) is 9.16. The van der Waals surface area contributed by atoms with E-state index >= 15 is 0 Å². The van der Waals surface area contributed by atoms with Crippen LogP contribution in [0, 0.1) is 11.8 Å². The Labute approximate surface area is 152 Å². The van der Waals surface area contributed by atoms with Crippen molar-refractivity contribution in [1.29, 1.82) is 0 Å². The van der Waals surface area contributed by atoms with E-state index in [0.717, 1.165) is 57.9 Å². The fraction of sp³-hybridized carbons (Fsp3) is 0.938. The van der Waals surface area contributed by atoms with Crippen molar-refractivity contribution < 1.29 is 9.90 Å². The molecule has 0 aromatic heterocycles. The summed E-state index contributed by atoms with van der Waals surface area (Å²) in [7, 11) is 0. The normalized spacial score (nSPS) is 26.3. The summed E-state index contributed by atoms with van der Waals surface area (Å²) in [6, 6.07) is 0.356. The minimum absolute atomic E-state index is 0. The van der Waals surface area contributed by atoms with E-state index in [-0.39, 0.29) is 37.3 Å². The lowest BCUT2D eigenvalue weighted by atomic mass is 9.95. The number of aliphatic hydroxyl groups excluding tert-OH is 1. The van der Waals surface area contributed by atoms with Crippen LogP contribution in [-0.2, 0) is 4.79 Å². The highest BCUT2D eigenvalue weighted by Gasteiger charge is 2.35. The van der Waals surface area contributed by atoms with Crippen molar-refractivity contribution in [3.63, 3.8) is 0 Å². The van der Waals surface area contributed by atoms with E-state index in [1.807, 2.05) is 0 Å². The van der Waals surface area contributed by atoms with Crippen LogP contribution in [-0.4, -0.2) is 72.7 Å². The number of amides is 1. The molecule has 1 atom stereocenters. The van der Waals surface area contributed by atoms with Crippen molar-refractivity contribution in [1.82, 2.24) is 15.1 Å². The third kappa shape index (κ3) is 5.75. The van der Waals surface area contributed by atoms with E-state index in [1.165, 1.54) is 19.4 Å². The predicted octanol–water partition coefficient (Wildman–Crippen LogP) is 1.13. The molecule has 2 aliphatic heterocycles. The number of aliphatic hydroxyl groups is 1. The molecule has 0 aromatic rings. The molecule has 1 saturated carbocycles. The number of hydrogen-bond donors (Lipinski definition) is 2. The second-order valence-corrected chi connectivity index (χ2v) is 6.91. The van der Waals surface area contributed by atoms with E-state index in [9.17, 15) is 9.90 Å². The van der Waals surface area contributed by atoms with Gasteiger partial charge in [-0.15, -0.1) is 24.8 Å². The van der Waals surface area contributed by atoms with E-state index < -0.39 is 0 Å². The maximum Gasteiger partial charge on any atom is 0.225 e. The molecule has 3 fully saturated rings. The number of carbonyl (C=O) groups excluding carboxylic acids is 1. The van der Waals surface area contributed by atoms with Crippen molar-refractivity contribution >= 4 is 30.7 Å². The van der Waals surface area contributed by atoms with Crippen LogP contribution in [0.4, 0.5) is 0 Å². The lowest BCUT2D eigenvalue weighted by Gasteiger charge is -2.43. The second-order valence-electron chi connectivity index (χ2n) is 6.91. The molecular weight excluding hydrogens is 337 g/mol. The zero-order valence-corrected chi connectivity index (χ0v) is 15.4. The molecule has 2 saturated heterocycles. The van der Waals surface area contributed by atoms with Gasteiger partial charge in [-0.25, -0.2) is 0 Å². The van der Waals surface area contributed by atoms with Crippen LogP contribution in [0.1, 0.15) is 32.1 Å². The summed E-state index contributed by atoms with van der Waals surface area (Å²) in [6.07, 6.45) is 5.47. The smallest absolute Gasteiger partial charge is 0.225 e. The van der Waals surface area contributed by atoms with Crippen LogP contribution in [0.2, 0.25) is 0 Å². The Bertz CT molecular complexity index is 363. The molecule has 1 aliphatic carbocycles. The second kappa shape index (κ2) is 10.0. The van der Waals surface area contributed by atoms with Crippen LogP contribution in [0.3, 0.4) is 0 Å². The van der Waals surface area contributed by atoms with Crippen LogP contribution in [0.25, 0.3) is 0 Å². The van der Waals surface area contributed by atoms with Gasteiger partial charge in [0.25, 0.3) is 0 Å². The van der Waals surface area contributed by atoms with Gasteiger partial charge in [0.05, 0.1) is 0 Å². The number of rotatable bonds is 5. The molecular formula is C16H31Cl2N3O2. The number of halogens is 2. The summed E-state index contributed by atoms with van der Waals surface area (Å²) in [4.78, 5) is 17.2. The van der Waals surface area contributed by atoms with Gasteiger partial charge in [0.1, 0.15) is 0 Å². The Morgan fingerprint density at radius 2 is 1.78 bits per heavy atom. The summed E-state index contributed by atoms with van der Waals surface area (Å²) in [5.41, 5.74) is 0. The minimum atomic E-state index is 0. The Balaban J connectivity index is 0.00000132. The molecule has 3 aliphatic rings. The Hall–Kier alpha value is -0.0700. The molecule has 0 aromatic carbocycles. The summed E-state index contributed by atoms with van der Waals surface area (Å²) in [5.74, 6) is 1.44. The van der Waals surface area contributed by atoms with Crippen molar-refractivity contribution in [3.8, 4) is 0 Å². The molecule has 1 unspecified atom stereocenters. The van der Waals surface area contributed by atoms with Gasteiger partial charge in [-0.1, -0.05) is 0 Å². The number of nitrogens with one attached hydrogen (secondary N) is 1. The first-order chi connectivity index (χ1) is 10.3. The zero-order valence-electron chi connectivity index (χ0n) is 13.8. The van der Waals surface area contributed by atoms with Crippen LogP contribution >= 0.6 is 24.8 Å². The summed E-state index contributed by atoms with van der Waals surface area (Å²) >= 11 is 0. The van der Waals surface area contributed by atoms with E-state index in [4.69, 9.17) is 0 Å². The summed E-state index contributed by atoms with van der Waals surface area (Å²) in [5, 5.41) is 12.6. The largest absolute Gasteiger partial charge is 0.396 e. The molecule has 0 bridgehead atoms. The number of piperidine rings is 1. The van der Waals surface area contributed by atoms with Crippen molar-refractivity contribution in [2.75, 3.05) is 45.9 Å². The number of piperazine rings is 1. The quantitative estimate of drug-likeness (QED) is 0.764. The first-order valence-electron chi connectivity index (χ1n) is 8.62. The van der Waals surface area contributed by atoms with Gasteiger partial charge in [0.15, 0.2) is 0 Å². The zero-order chi connectivity index (χ0) is 14.7. The van der Waals surface area contributed by atoms with Crippen molar-refractivity contribution in [3.05, 3.63) is 0 Å². The third-order valence-corrected chi connectivity index (χ3v) is 5.26. The molecule has 23 heavy (non-hydrogen) atoms. The molecule has 5 nitrogen and oxygen atoms in total. The fourth-order valence-electron chi connectivity index (χ4n) is 3.72. The fourth-order valence-corrected chi connectivity index (χ4v) is 3.72. The lowest BCUT2D eigenvalue weighted by molar-refractivity contribution is -0.139. The topological polar surface area (TPSA) is 55.8 Å². The number of nitrogens with zero attached hydrogens (tertiary/aromatic N) is 2. The molecule has 0 radical (unpaired) electrons. The standard InChI is InChI=1S/C16H29N3O2.2ClH/c20-10-5-15-12-19(9-8-18(15)11-13-1-2-13)16(21)14-3-6-17-7-4-14;;/h13-15,17,20H,1-12H2;2*1H. The van der Waals surface area contributed by atoms with Crippen LogP contribution < -0.4 is 5.32 Å². The van der Waals surface area contributed by atoms with Gasteiger partial charge in [0, 0.05) is 44.7 Å². The van der Waals surface area contributed by atoms with Crippen LogP contribution in [0.5, 0.6) is 0 Å². The first-order valence-corrected chi connectivity index (χ1v) is 8.62. The summed E-state index contributed by atoms with van der Waals surface area (Å²) in [6.45, 7) is 6.00. The molecule has 0 spiro atoms. The average Bonchev–Trinajstić information content (AvgIpc) is 3.33. The van der Waals surface area contributed by atoms with Gasteiger partial charge in [-0.05, 0) is 51.1 Å². The van der Waals surface area contributed by atoms with Crippen molar-refractivity contribution in [2.24, 2.45) is 11.8 Å².